The lowest BCUT2D eigenvalue weighted by atomic mass is 10.0. The number of hydrogen-bond donors (Lipinski definition) is 2. The minimum absolute atomic E-state index is 0.166. The number of amides is 1. The van der Waals surface area contributed by atoms with Crippen molar-refractivity contribution in [3.8, 4) is 23.0 Å². The minimum atomic E-state index is -0.410. The Balaban J connectivity index is 1.63. The smallest absolute Gasteiger partial charge is 0.272 e. The average Bonchev–Trinajstić information content (AvgIpc) is 3.57. The normalized spacial score (nSPS) is 10.8. The number of nitriles is 1. The Morgan fingerprint density at radius 1 is 1.00 bits per heavy atom. The van der Waals surface area contributed by atoms with Gasteiger partial charge in [0.15, 0.2) is 11.5 Å². The summed E-state index contributed by atoms with van der Waals surface area (Å²) in [6.45, 7) is 0.233. The van der Waals surface area contributed by atoms with Gasteiger partial charge in [-0.2, -0.15) is 15.6 Å². The number of aromatic amines is 1. The van der Waals surface area contributed by atoms with Crippen molar-refractivity contribution in [3.63, 3.8) is 0 Å². The highest BCUT2D eigenvalue weighted by molar-refractivity contribution is 6.35. The molecule has 2 heterocycles. The van der Waals surface area contributed by atoms with Crippen molar-refractivity contribution in [2.24, 2.45) is 0 Å². The summed E-state index contributed by atoms with van der Waals surface area (Å²) < 4.78 is 1.61. The van der Waals surface area contributed by atoms with E-state index < -0.39 is 5.91 Å². The number of carbonyl (C=O) groups excluding carboxylic acids is 1. The van der Waals surface area contributed by atoms with Gasteiger partial charge in [0.05, 0.1) is 28.0 Å². The van der Waals surface area contributed by atoms with Gasteiger partial charge in [-0.15, -0.1) is 10.2 Å². The molecule has 0 saturated carbocycles. The molecule has 38 heavy (non-hydrogen) atoms. The van der Waals surface area contributed by atoms with E-state index >= 15 is 0 Å². The number of benzene rings is 3. The van der Waals surface area contributed by atoms with E-state index in [2.05, 4.69) is 32.0 Å². The fraction of sp³-hybridized carbons (Fsp3) is 0.0769. The van der Waals surface area contributed by atoms with Gasteiger partial charge in [-0.05, 0) is 48.0 Å². The maximum absolute atomic E-state index is 13.5. The zero-order valence-corrected chi connectivity index (χ0v) is 21.8. The minimum Gasteiger partial charge on any atom is -0.347 e. The molecule has 0 radical (unpaired) electrons. The average molecular weight is 564 g/mol. The highest BCUT2D eigenvalue weighted by Crippen LogP contribution is 2.34. The second kappa shape index (κ2) is 11.0. The Bertz CT molecular complexity index is 1640. The molecule has 2 aromatic heterocycles. The van der Waals surface area contributed by atoms with Crippen LogP contribution < -0.4 is 5.32 Å². The van der Waals surface area contributed by atoms with Crippen molar-refractivity contribution in [2.45, 2.75) is 13.0 Å². The molecule has 0 bridgehead atoms. The fourth-order valence-electron chi connectivity index (χ4n) is 3.91. The van der Waals surface area contributed by atoms with Gasteiger partial charge in [0, 0.05) is 34.1 Å². The molecule has 0 atom stereocenters. The van der Waals surface area contributed by atoms with Gasteiger partial charge >= 0.3 is 0 Å². The van der Waals surface area contributed by atoms with Gasteiger partial charge in [-0.25, -0.2) is 4.68 Å². The summed E-state index contributed by atoms with van der Waals surface area (Å²) in [5.41, 5.74) is 3.98. The van der Waals surface area contributed by atoms with E-state index in [1.807, 2.05) is 12.1 Å². The molecule has 0 aliphatic heterocycles. The summed E-state index contributed by atoms with van der Waals surface area (Å²) in [6, 6.07) is 21.2. The van der Waals surface area contributed by atoms with E-state index in [1.165, 1.54) is 0 Å². The lowest BCUT2D eigenvalue weighted by molar-refractivity contribution is 0.0944. The zero-order valence-electron chi connectivity index (χ0n) is 19.5. The van der Waals surface area contributed by atoms with Crippen LogP contribution in [0, 0.1) is 11.3 Å². The van der Waals surface area contributed by atoms with Gasteiger partial charge in [0.25, 0.3) is 5.91 Å². The van der Waals surface area contributed by atoms with Crippen molar-refractivity contribution >= 4 is 40.7 Å². The first-order chi connectivity index (χ1) is 18.4. The maximum atomic E-state index is 13.5. The van der Waals surface area contributed by atoms with Crippen LogP contribution in [0.15, 0.2) is 66.7 Å². The zero-order chi connectivity index (χ0) is 26.6. The molecule has 1 amide bonds. The highest BCUT2D eigenvalue weighted by atomic mass is 35.5. The van der Waals surface area contributed by atoms with Crippen LogP contribution in [0.5, 0.6) is 0 Å². The number of nitrogens with zero attached hydrogens (tertiary/aromatic N) is 6. The molecule has 0 spiro atoms. The van der Waals surface area contributed by atoms with E-state index in [9.17, 15) is 4.79 Å². The monoisotopic (exact) mass is 562 g/mol. The van der Waals surface area contributed by atoms with Crippen LogP contribution in [0.2, 0.25) is 15.1 Å². The van der Waals surface area contributed by atoms with Crippen LogP contribution in [0.25, 0.3) is 16.9 Å². The molecule has 0 aliphatic rings. The molecule has 188 valence electrons. The largest absolute Gasteiger partial charge is 0.347 e. The molecule has 12 heteroatoms. The first-order valence-electron chi connectivity index (χ1n) is 11.3. The number of aromatic nitrogens is 6. The number of tetrazole rings is 1. The predicted molar refractivity (Wildman–Crippen MR) is 143 cm³/mol. The second-order valence-electron chi connectivity index (χ2n) is 8.19. The topological polar surface area (TPSA) is 125 Å². The summed E-state index contributed by atoms with van der Waals surface area (Å²) in [7, 11) is 0. The Morgan fingerprint density at radius 3 is 2.39 bits per heavy atom. The summed E-state index contributed by atoms with van der Waals surface area (Å²) in [5.74, 6) is -0.0324. The third-order valence-corrected chi connectivity index (χ3v) is 6.50. The number of rotatable bonds is 7. The number of hydrogen-bond acceptors (Lipinski definition) is 6. The Hall–Kier alpha value is -4.23. The Morgan fingerprint density at radius 2 is 1.74 bits per heavy atom. The molecule has 5 aromatic rings. The molecule has 2 N–H and O–H groups in total. The summed E-state index contributed by atoms with van der Waals surface area (Å²) >= 11 is 18.9. The summed E-state index contributed by atoms with van der Waals surface area (Å²) in [4.78, 5) is 13.5. The number of halogens is 3. The van der Waals surface area contributed by atoms with E-state index in [0.29, 0.717) is 43.4 Å². The molecule has 0 saturated heterocycles. The molecule has 5 rings (SSSR count). The van der Waals surface area contributed by atoms with Gasteiger partial charge in [0.1, 0.15) is 0 Å². The van der Waals surface area contributed by atoms with Crippen LogP contribution >= 0.6 is 34.8 Å². The summed E-state index contributed by atoms with van der Waals surface area (Å²) in [6.07, 6.45) is 0.166. The highest BCUT2D eigenvalue weighted by Gasteiger charge is 2.27. The van der Waals surface area contributed by atoms with E-state index in [1.54, 1.807) is 59.3 Å². The molecule has 3 aromatic carbocycles. The maximum Gasteiger partial charge on any atom is 0.272 e. The van der Waals surface area contributed by atoms with Crippen LogP contribution in [-0.4, -0.2) is 36.3 Å². The van der Waals surface area contributed by atoms with E-state index in [-0.39, 0.29) is 18.7 Å². The van der Waals surface area contributed by atoms with Gasteiger partial charge in [-0.3, -0.25) is 4.79 Å². The number of carbonyl (C=O) groups is 1. The number of H-pyrrole nitrogens is 1. The fourth-order valence-corrected chi connectivity index (χ4v) is 4.53. The summed E-state index contributed by atoms with van der Waals surface area (Å²) in [5, 5.41) is 32.3. The molecular formula is C26H17Cl3N8O. The molecule has 0 unspecified atom stereocenters. The lowest BCUT2D eigenvalue weighted by Crippen LogP contribution is -2.24. The van der Waals surface area contributed by atoms with Crippen LogP contribution in [0.3, 0.4) is 0 Å². The molecule has 0 fully saturated rings. The van der Waals surface area contributed by atoms with E-state index in [4.69, 9.17) is 45.2 Å². The van der Waals surface area contributed by atoms with Crippen molar-refractivity contribution < 1.29 is 4.79 Å². The van der Waals surface area contributed by atoms with Crippen molar-refractivity contribution in [1.82, 2.24) is 35.7 Å². The van der Waals surface area contributed by atoms with Gasteiger partial charge < -0.3 is 5.32 Å². The van der Waals surface area contributed by atoms with Gasteiger partial charge in [-0.1, -0.05) is 64.3 Å². The first kappa shape index (κ1) is 25.4. The van der Waals surface area contributed by atoms with Crippen LogP contribution in [0.4, 0.5) is 0 Å². The van der Waals surface area contributed by atoms with Crippen LogP contribution in [-0.2, 0) is 13.0 Å². The quantitative estimate of drug-likeness (QED) is 0.273. The third kappa shape index (κ3) is 5.38. The second-order valence-corrected chi connectivity index (χ2v) is 9.47. The first-order valence-corrected chi connectivity index (χ1v) is 12.4. The number of nitrogens with one attached hydrogen (secondary N) is 2. The Labute approximate surface area is 232 Å². The third-order valence-electron chi connectivity index (χ3n) is 5.71. The molecule has 9 nitrogen and oxygen atoms in total. The predicted octanol–water partition coefficient (Wildman–Crippen LogP) is 5.41. The van der Waals surface area contributed by atoms with Crippen molar-refractivity contribution in [2.75, 3.05) is 0 Å². The van der Waals surface area contributed by atoms with Crippen LogP contribution in [0.1, 0.15) is 33.0 Å². The van der Waals surface area contributed by atoms with Gasteiger partial charge in [0.2, 0.25) is 0 Å². The Kier molecular flexibility index (Phi) is 7.38. The SMILES string of the molecule is N#Cc1ccc(CNC(=O)c2nn(-c3ccc(Cl)cc3Cl)c(-c3ccc(Cl)cc3)c2Cc2nn[nH]n2)cc1. The van der Waals surface area contributed by atoms with Crippen molar-refractivity contribution in [1.29, 1.82) is 5.26 Å². The standard InChI is InChI=1S/C26H17Cl3N8O/c27-18-7-5-17(6-8-18)25-20(12-23-32-35-36-33-23)24(34-37(25)22-10-9-19(28)11-21(22)29)26(38)31-14-16-3-1-15(13-30)2-4-16/h1-11H,12,14H2,(H,31,38)(H,32,33,35,36). The molecule has 0 aliphatic carbocycles. The lowest BCUT2D eigenvalue weighted by Gasteiger charge is -2.11. The van der Waals surface area contributed by atoms with Crippen molar-refractivity contribution in [3.05, 3.63) is 110 Å². The van der Waals surface area contributed by atoms with E-state index in [0.717, 1.165) is 11.1 Å². The molecular weight excluding hydrogens is 547 g/mol.